The summed E-state index contributed by atoms with van der Waals surface area (Å²) >= 11 is 0. The molecule has 1 aromatic carbocycles. The summed E-state index contributed by atoms with van der Waals surface area (Å²) in [5, 5.41) is 11.9. The fourth-order valence-corrected chi connectivity index (χ4v) is 3.80. The molecular weight excluding hydrogens is 261 g/mol. The molecule has 0 unspecified atom stereocenters. The van der Waals surface area contributed by atoms with Crippen molar-refractivity contribution in [2.45, 2.75) is 19.3 Å². The van der Waals surface area contributed by atoms with Crippen molar-refractivity contribution in [1.29, 1.82) is 0 Å². The predicted molar refractivity (Wildman–Crippen MR) is 70.5 cm³/mol. The molecule has 5 heteroatoms. The topological polar surface area (TPSA) is 66.4 Å². The SMILES string of the molecule is O=C(O)[C@H]1[C@@H]2CC[C@@H](C2)[C@@H]1C(=O)Nc1ccccc1F. The van der Waals surface area contributed by atoms with E-state index >= 15 is 0 Å². The first-order valence-corrected chi connectivity index (χ1v) is 6.86. The Morgan fingerprint density at radius 2 is 1.80 bits per heavy atom. The minimum absolute atomic E-state index is 0.0915. The lowest BCUT2D eigenvalue weighted by Gasteiger charge is -2.27. The molecule has 2 N–H and O–H groups in total. The molecule has 2 bridgehead atoms. The molecule has 0 heterocycles. The van der Waals surface area contributed by atoms with Crippen LogP contribution in [0.1, 0.15) is 19.3 Å². The monoisotopic (exact) mass is 277 g/mol. The molecule has 0 aliphatic heterocycles. The van der Waals surface area contributed by atoms with Gasteiger partial charge in [-0.1, -0.05) is 12.1 Å². The van der Waals surface area contributed by atoms with Crippen LogP contribution in [0.3, 0.4) is 0 Å². The number of hydrogen-bond acceptors (Lipinski definition) is 2. The Hall–Kier alpha value is -1.91. The molecule has 1 aromatic rings. The number of rotatable bonds is 3. The number of hydrogen-bond donors (Lipinski definition) is 2. The number of aliphatic carboxylic acids is 1. The molecule has 4 atom stereocenters. The third kappa shape index (κ3) is 2.07. The van der Waals surface area contributed by atoms with Crippen molar-refractivity contribution < 1.29 is 19.1 Å². The Morgan fingerprint density at radius 3 is 2.45 bits per heavy atom. The van der Waals surface area contributed by atoms with Gasteiger partial charge in [0.05, 0.1) is 17.5 Å². The van der Waals surface area contributed by atoms with Crippen molar-refractivity contribution >= 4 is 17.6 Å². The van der Waals surface area contributed by atoms with Gasteiger partial charge >= 0.3 is 5.97 Å². The maximum absolute atomic E-state index is 13.5. The number of halogens is 1. The fraction of sp³-hybridized carbons (Fsp3) is 0.467. The molecule has 20 heavy (non-hydrogen) atoms. The molecule has 0 aromatic heterocycles. The van der Waals surface area contributed by atoms with Gasteiger partial charge in [0, 0.05) is 0 Å². The van der Waals surface area contributed by atoms with Crippen molar-refractivity contribution in [3.63, 3.8) is 0 Å². The zero-order chi connectivity index (χ0) is 14.3. The van der Waals surface area contributed by atoms with Gasteiger partial charge < -0.3 is 10.4 Å². The van der Waals surface area contributed by atoms with Crippen molar-refractivity contribution in [2.75, 3.05) is 5.32 Å². The number of carboxylic acids is 1. The van der Waals surface area contributed by atoms with Crippen LogP contribution < -0.4 is 5.32 Å². The molecule has 4 nitrogen and oxygen atoms in total. The average molecular weight is 277 g/mol. The van der Waals surface area contributed by atoms with Crippen molar-refractivity contribution in [3.8, 4) is 0 Å². The summed E-state index contributed by atoms with van der Waals surface area (Å²) < 4.78 is 13.5. The number of carboxylic acid groups (broad SMARTS) is 1. The number of carbonyl (C=O) groups is 2. The second-order valence-corrected chi connectivity index (χ2v) is 5.69. The minimum Gasteiger partial charge on any atom is -0.481 e. The Balaban J connectivity index is 1.80. The Kier molecular flexibility index (Phi) is 3.20. The number of nitrogens with one attached hydrogen (secondary N) is 1. The van der Waals surface area contributed by atoms with Crippen LogP contribution in [0.2, 0.25) is 0 Å². The second-order valence-electron chi connectivity index (χ2n) is 5.69. The van der Waals surface area contributed by atoms with Crippen LogP contribution in [0.25, 0.3) is 0 Å². The Labute approximate surface area is 116 Å². The molecule has 0 saturated heterocycles. The van der Waals surface area contributed by atoms with Gasteiger partial charge in [-0.3, -0.25) is 9.59 Å². The molecule has 2 saturated carbocycles. The zero-order valence-corrected chi connectivity index (χ0v) is 10.9. The van der Waals surface area contributed by atoms with Gasteiger partial charge in [-0.25, -0.2) is 4.39 Å². The molecule has 3 rings (SSSR count). The summed E-state index contributed by atoms with van der Waals surface area (Å²) in [5.74, 6) is -2.73. The van der Waals surface area contributed by atoms with E-state index in [1.807, 2.05) is 0 Å². The number of anilines is 1. The molecule has 2 aliphatic rings. The van der Waals surface area contributed by atoms with Crippen LogP contribution in [-0.4, -0.2) is 17.0 Å². The van der Waals surface area contributed by atoms with Crippen molar-refractivity contribution in [2.24, 2.45) is 23.7 Å². The lowest BCUT2D eigenvalue weighted by molar-refractivity contribution is -0.148. The van der Waals surface area contributed by atoms with Crippen LogP contribution in [-0.2, 0) is 9.59 Å². The zero-order valence-electron chi connectivity index (χ0n) is 10.9. The molecule has 0 spiro atoms. The molecular formula is C15H16FNO3. The minimum atomic E-state index is -0.911. The van der Waals surface area contributed by atoms with Crippen LogP contribution in [0.15, 0.2) is 24.3 Å². The number of fused-ring (bicyclic) bond motifs is 2. The first-order chi connectivity index (χ1) is 9.58. The van der Waals surface area contributed by atoms with Crippen LogP contribution in [0.4, 0.5) is 10.1 Å². The highest BCUT2D eigenvalue weighted by atomic mass is 19.1. The highest BCUT2D eigenvalue weighted by Crippen LogP contribution is 2.52. The van der Waals surface area contributed by atoms with E-state index in [0.29, 0.717) is 0 Å². The summed E-state index contributed by atoms with van der Waals surface area (Å²) in [6, 6.07) is 5.93. The molecule has 2 aliphatic carbocycles. The van der Waals surface area contributed by atoms with Gasteiger partial charge in [-0.15, -0.1) is 0 Å². The van der Waals surface area contributed by atoms with E-state index in [-0.39, 0.29) is 23.4 Å². The molecule has 1 amide bonds. The van der Waals surface area contributed by atoms with Gasteiger partial charge in [0.15, 0.2) is 0 Å². The Bertz CT molecular complexity index is 560. The van der Waals surface area contributed by atoms with Gasteiger partial charge in [0.1, 0.15) is 5.82 Å². The highest BCUT2D eigenvalue weighted by Gasteiger charge is 2.54. The number of amides is 1. The fourth-order valence-electron chi connectivity index (χ4n) is 3.80. The lowest BCUT2D eigenvalue weighted by Crippen LogP contribution is -2.38. The first-order valence-electron chi connectivity index (χ1n) is 6.86. The van der Waals surface area contributed by atoms with Gasteiger partial charge in [-0.05, 0) is 43.2 Å². The Morgan fingerprint density at radius 1 is 1.15 bits per heavy atom. The third-order valence-corrected chi connectivity index (χ3v) is 4.64. The smallest absolute Gasteiger partial charge is 0.307 e. The summed E-state index contributed by atoms with van der Waals surface area (Å²) in [6.45, 7) is 0. The third-order valence-electron chi connectivity index (χ3n) is 4.64. The van der Waals surface area contributed by atoms with Gasteiger partial charge in [0.25, 0.3) is 0 Å². The first kappa shape index (κ1) is 13.1. The van der Waals surface area contributed by atoms with Crippen LogP contribution >= 0.6 is 0 Å². The standard InChI is InChI=1S/C15H16FNO3/c16-10-3-1-2-4-11(10)17-14(18)12-8-5-6-9(7-8)13(12)15(19)20/h1-4,8-9,12-13H,5-7H2,(H,17,18)(H,19,20)/t8-,9+,12-,13-/m0/s1. The quantitative estimate of drug-likeness (QED) is 0.892. The van der Waals surface area contributed by atoms with Gasteiger partial charge in [0.2, 0.25) is 5.91 Å². The second kappa shape index (κ2) is 4.89. The normalized spacial score (nSPS) is 31.2. The average Bonchev–Trinajstić information content (AvgIpc) is 3.01. The molecule has 0 radical (unpaired) electrons. The molecule has 106 valence electrons. The number of para-hydroxylation sites is 1. The molecule has 2 fully saturated rings. The van der Waals surface area contributed by atoms with Crippen LogP contribution in [0, 0.1) is 29.5 Å². The maximum atomic E-state index is 13.5. The van der Waals surface area contributed by atoms with E-state index in [9.17, 15) is 19.1 Å². The predicted octanol–water partition coefficient (Wildman–Crippen LogP) is 2.51. The summed E-state index contributed by atoms with van der Waals surface area (Å²) in [5.41, 5.74) is 0.115. The van der Waals surface area contributed by atoms with E-state index < -0.39 is 23.6 Å². The van der Waals surface area contributed by atoms with Gasteiger partial charge in [-0.2, -0.15) is 0 Å². The van der Waals surface area contributed by atoms with Crippen molar-refractivity contribution in [3.05, 3.63) is 30.1 Å². The van der Waals surface area contributed by atoms with E-state index in [0.717, 1.165) is 19.3 Å². The van der Waals surface area contributed by atoms with E-state index in [4.69, 9.17) is 0 Å². The van der Waals surface area contributed by atoms with E-state index in [1.165, 1.54) is 12.1 Å². The maximum Gasteiger partial charge on any atom is 0.307 e. The highest BCUT2D eigenvalue weighted by molar-refractivity contribution is 5.96. The largest absolute Gasteiger partial charge is 0.481 e. The van der Waals surface area contributed by atoms with E-state index in [2.05, 4.69) is 5.32 Å². The summed E-state index contributed by atoms with van der Waals surface area (Å²) in [4.78, 5) is 23.7. The summed E-state index contributed by atoms with van der Waals surface area (Å²) in [6.07, 6.45) is 2.57. The van der Waals surface area contributed by atoms with Crippen LogP contribution in [0.5, 0.6) is 0 Å². The number of carbonyl (C=O) groups excluding carboxylic acids is 1. The van der Waals surface area contributed by atoms with Crippen molar-refractivity contribution in [1.82, 2.24) is 0 Å². The summed E-state index contributed by atoms with van der Waals surface area (Å²) in [7, 11) is 0. The van der Waals surface area contributed by atoms with E-state index in [1.54, 1.807) is 12.1 Å². The number of benzene rings is 1. The lowest BCUT2D eigenvalue weighted by atomic mass is 9.78.